The molecule has 0 aromatic heterocycles. The Labute approximate surface area is 74.2 Å². The fourth-order valence-corrected chi connectivity index (χ4v) is 1.93. The second kappa shape index (κ2) is 3.00. The highest BCUT2D eigenvalue weighted by molar-refractivity contribution is 4.96. The second-order valence-corrected chi connectivity index (χ2v) is 4.18. The van der Waals surface area contributed by atoms with Gasteiger partial charge in [-0.1, -0.05) is 0 Å². The van der Waals surface area contributed by atoms with Crippen molar-refractivity contribution in [1.82, 2.24) is 0 Å². The van der Waals surface area contributed by atoms with Crippen LogP contribution in [-0.2, 0) is 9.47 Å². The lowest BCUT2D eigenvalue weighted by atomic mass is 9.87. The standard InChI is InChI=1S/C10H17O2/c1-8-3-4-9(5-6-11-8)10(2)7-12-10/h9H,3-7H2,1-2H3. The number of rotatable bonds is 1. The van der Waals surface area contributed by atoms with E-state index < -0.39 is 0 Å². The Balaban J connectivity index is 1.90. The number of hydrogen-bond acceptors (Lipinski definition) is 2. The van der Waals surface area contributed by atoms with Crippen LogP contribution in [0.5, 0.6) is 0 Å². The molecule has 0 aliphatic carbocycles. The second-order valence-electron chi connectivity index (χ2n) is 4.18. The molecule has 2 heteroatoms. The summed E-state index contributed by atoms with van der Waals surface area (Å²) in [6.07, 6.45) is 4.71. The van der Waals surface area contributed by atoms with Gasteiger partial charge in [-0.25, -0.2) is 0 Å². The lowest BCUT2D eigenvalue weighted by Crippen LogP contribution is -2.20. The number of ether oxygens (including phenoxy) is 2. The first-order chi connectivity index (χ1) is 5.71. The summed E-state index contributed by atoms with van der Waals surface area (Å²) < 4.78 is 11.0. The molecule has 0 aromatic carbocycles. The van der Waals surface area contributed by atoms with Gasteiger partial charge < -0.3 is 9.47 Å². The van der Waals surface area contributed by atoms with Crippen molar-refractivity contribution in [3.05, 3.63) is 6.10 Å². The van der Waals surface area contributed by atoms with E-state index >= 15 is 0 Å². The molecule has 0 aromatic rings. The van der Waals surface area contributed by atoms with Gasteiger partial charge in [0.2, 0.25) is 0 Å². The fraction of sp³-hybridized carbons (Fsp3) is 0.900. The van der Waals surface area contributed by atoms with Crippen LogP contribution in [0.2, 0.25) is 0 Å². The van der Waals surface area contributed by atoms with Crippen LogP contribution in [-0.4, -0.2) is 18.8 Å². The van der Waals surface area contributed by atoms with E-state index in [-0.39, 0.29) is 5.60 Å². The third-order valence-electron chi connectivity index (χ3n) is 3.12. The molecule has 0 spiro atoms. The Kier molecular flexibility index (Phi) is 2.13. The average molecular weight is 169 g/mol. The molecule has 2 saturated heterocycles. The molecule has 2 fully saturated rings. The first-order valence-electron chi connectivity index (χ1n) is 4.80. The van der Waals surface area contributed by atoms with Crippen LogP contribution in [0.4, 0.5) is 0 Å². The van der Waals surface area contributed by atoms with Gasteiger partial charge in [0.1, 0.15) is 0 Å². The lowest BCUT2D eigenvalue weighted by molar-refractivity contribution is 0.142. The summed E-state index contributed by atoms with van der Waals surface area (Å²) in [7, 11) is 0. The summed E-state index contributed by atoms with van der Waals surface area (Å²) in [5.74, 6) is 0.718. The summed E-state index contributed by atoms with van der Waals surface area (Å²) in [6.45, 7) is 6.14. The molecule has 2 aliphatic rings. The Hall–Kier alpha value is -0.0800. The highest BCUT2D eigenvalue weighted by Gasteiger charge is 2.46. The van der Waals surface area contributed by atoms with E-state index in [1.807, 2.05) is 0 Å². The highest BCUT2D eigenvalue weighted by Crippen LogP contribution is 2.41. The first-order valence-corrected chi connectivity index (χ1v) is 4.80. The maximum absolute atomic E-state index is 5.52. The maximum atomic E-state index is 5.52. The van der Waals surface area contributed by atoms with E-state index in [4.69, 9.17) is 9.47 Å². The van der Waals surface area contributed by atoms with Crippen molar-refractivity contribution in [3.8, 4) is 0 Å². The quantitative estimate of drug-likeness (QED) is 0.561. The highest BCUT2D eigenvalue weighted by atomic mass is 16.6. The lowest BCUT2D eigenvalue weighted by Gasteiger charge is -2.17. The van der Waals surface area contributed by atoms with Crippen molar-refractivity contribution in [1.29, 1.82) is 0 Å². The van der Waals surface area contributed by atoms with E-state index in [2.05, 4.69) is 13.8 Å². The molecule has 2 unspecified atom stereocenters. The molecule has 2 atom stereocenters. The monoisotopic (exact) mass is 169 g/mol. The van der Waals surface area contributed by atoms with Gasteiger partial charge in [-0.2, -0.15) is 0 Å². The van der Waals surface area contributed by atoms with Crippen LogP contribution >= 0.6 is 0 Å². The van der Waals surface area contributed by atoms with Crippen molar-refractivity contribution in [2.45, 2.75) is 38.7 Å². The molecular weight excluding hydrogens is 152 g/mol. The summed E-state index contributed by atoms with van der Waals surface area (Å²) in [5.41, 5.74) is 0.202. The van der Waals surface area contributed by atoms with Gasteiger partial charge >= 0.3 is 0 Å². The third kappa shape index (κ3) is 1.64. The van der Waals surface area contributed by atoms with Crippen LogP contribution in [0.1, 0.15) is 33.1 Å². The minimum atomic E-state index is 0.202. The largest absolute Gasteiger partial charge is 0.372 e. The van der Waals surface area contributed by atoms with E-state index in [1.54, 1.807) is 0 Å². The summed E-state index contributed by atoms with van der Waals surface area (Å²) in [5, 5.41) is 0. The third-order valence-corrected chi connectivity index (χ3v) is 3.12. The van der Waals surface area contributed by atoms with Crippen molar-refractivity contribution >= 4 is 0 Å². The predicted molar refractivity (Wildman–Crippen MR) is 46.6 cm³/mol. The van der Waals surface area contributed by atoms with Gasteiger partial charge in [0.15, 0.2) is 0 Å². The fourth-order valence-electron chi connectivity index (χ4n) is 1.93. The molecule has 2 nitrogen and oxygen atoms in total. The zero-order valence-corrected chi connectivity index (χ0v) is 7.93. The van der Waals surface area contributed by atoms with Crippen LogP contribution in [0.3, 0.4) is 0 Å². The van der Waals surface area contributed by atoms with Crippen molar-refractivity contribution in [2.75, 3.05) is 13.2 Å². The first kappa shape index (κ1) is 8.52. The normalized spacial score (nSPS) is 44.0. The molecular formula is C10H17O2. The average Bonchev–Trinajstić information content (AvgIpc) is 2.77. The van der Waals surface area contributed by atoms with Crippen molar-refractivity contribution in [3.63, 3.8) is 0 Å². The summed E-state index contributed by atoms with van der Waals surface area (Å²) in [6, 6.07) is 0. The topological polar surface area (TPSA) is 21.8 Å². The minimum absolute atomic E-state index is 0.202. The number of hydrogen-bond donors (Lipinski definition) is 0. The zero-order chi connectivity index (χ0) is 8.60. The Morgan fingerprint density at radius 3 is 2.83 bits per heavy atom. The molecule has 0 N–H and O–H groups in total. The molecule has 0 bridgehead atoms. The van der Waals surface area contributed by atoms with E-state index in [0.29, 0.717) is 0 Å². The van der Waals surface area contributed by atoms with Crippen LogP contribution in [0.15, 0.2) is 0 Å². The van der Waals surface area contributed by atoms with Crippen LogP contribution in [0.25, 0.3) is 0 Å². The maximum Gasteiger partial charge on any atom is 0.0940 e. The molecule has 0 saturated carbocycles. The predicted octanol–water partition coefficient (Wildman–Crippen LogP) is 2.14. The zero-order valence-electron chi connectivity index (χ0n) is 7.93. The molecule has 2 rings (SSSR count). The van der Waals surface area contributed by atoms with E-state index in [9.17, 15) is 0 Å². The Morgan fingerprint density at radius 2 is 2.17 bits per heavy atom. The van der Waals surface area contributed by atoms with Gasteiger partial charge in [-0.05, 0) is 39.0 Å². The van der Waals surface area contributed by atoms with Gasteiger partial charge in [0.25, 0.3) is 0 Å². The van der Waals surface area contributed by atoms with Gasteiger partial charge in [-0.15, -0.1) is 0 Å². The van der Waals surface area contributed by atoms with Crippen molar-refractivity contribution in [2.24, 2.45) is 5.92 Å². The van der Waals surface area contributed by atoms with Gasteiger partial charge in [0, 0.05) is 6.61 Å². The molecule has 2 heterocycles. The van der Waals surface area contributed by atoms with Gasteiger partial charge in [0.05, 0.1) is 18.3 Å². The molecule has 12 heavy (non-hydrogen) atoms. The SMILES string of the molecule is C[C]1CCC(C2(C)CO2)CCO1. The number of epoxide rings is 1. The van der Waals surface area contributed by atoms with Crippen LogP contribution in [0, 0.1) is 12.0 Å². The van der Waals surface area contributed by atoms with E-state index in [0.717, 1.165) is 32.0 Å². The smallest absolute Gasteiger partial charge is 0.0940 e. The Bertz CT molecular complexity index is 163. The van der Waals surface area contributed by atoms with Gasteiger partial charge in [-0.3, -0.25) is 0 Å². The van der Waals surface area contributed by atoms with Crippen LogP contribution < -0.4 is 0 Å². The molecule has 69 valence electrons. The molecule has 0 amide bonds. The molecule has 2 aliphatic heterocycles. The Morgan fingerprint density at radius 1 is 1.42 bits per heavy atom. The summed E-state index contributed by atoms with van der Waals surface area (Å²) >= 11 is 0. The molecule has 1 radical (unpaired) electrons. The minimum Gasteiger partial charge on any atom is -0.372 e. The van der Waals surface area contributed by atoms with E-state index in [1.165, 1.54) is 12.5 Å². The van der Waals surface area contributed by atoms with Crippen molar-refractivity contribution < 1.29 is 9.47 Å². The summed E-state index contributed by atoms with van der Waals surface area (Å²) in [4.78, 5) is 0.